The first-order valence-corrected chi connectivity index (χ1v) is 9.70. The Bertz CT molecular complexity index is 599. The van der Waals surface area contributed by atoms with Gasteiger partial charge in [0.15, 0.2) is 0 Å². The van der Waals surface area contributed by atoms with Gasteiger partial charge in [-0.05, 0) is 43.9 Å². The number of ether oxygens (including phenoxy) is 1. The van der Waals surface area contributed by atoms with Gasteiger partial charge in [0.05, 0.1) is 12.4 Å². The van der Waals surface area contributed by atoms with E-state index in [-0.39, 0.29) is 5.25 Å². The molecule has 1 fully saturated rings. The molecule has 5 nitrogen and oxygen atoms in total. The first kappa shape index (κ1) is 18.2. The Morgan fingerprint density at radius 2 is 1.96 bits per heavy atom. The van der Waals surface area contributed by atoms with Gasteiger partial charge >= 0.3 is 0 Å². The van der Waals surface area contributed by atoms with Crippen LogP contribution in [-0.4, -0.2) is 44.2 Å². The molecule has 130 valence electrons. The first-order valence-electron chi connectivity index (χ1n) is 8.20. The molecule has 1 aliphatic heterocycles. The van der Waals surface area contributed by atoms with Crippen molar-refractivity contribution >= 4 is 10.0 Å². The molecule has 1 aromatic rings. The lowest BCUT2D eigenvalue weighted by Crippen LogP contribution is -2.51. The molecule has 0 amide bonds. The molecular weight excluding hydrogens is 312 g/mol. The predicted molar refractivity (Wildman–Crippen MR) is 93.0 cm³/mol. The van der Waals surface area contributed by atoms with Gasteiger partial charge in [-0.15, -0.1) is 0 Å². The number of methoxy groups -OCH3 is 1. The fourth-order valence-electron chi connectivity index (χ4n) is 2.93. The Labute approximate surface area is 140 Å². The van der Waals surface area contributed by atoms with Gasteiger partial charge in [0, 0.05) is 25.7 Å². The lowest BCUT2D eigenvalue weighted by atomic mass is 9.95. The maximum atomic E-state index is 12.3. The van der Waals surface area contributed by atoms with Crippen LogP contribution in [0.15, 0.2) is 24.3 Å². The Kier molecular flexibility index (Phi) is 6.06. The Hall–Kier alpha value is -1.11. The number of nitrogens with zero attached hydrogens (tertiary/aromatic N) is 1. The third-order valence-electron chi connectivity index (χ3n) is 4.55. The summed E-state index contributed by atoms with van der Waals surface area (Å²) in [5.41, 5.74) is 1.20. The van der Waals surface area contributed by atoms with E-state index in [2.05, 4.69) is 24.4 Å². The van der Waals surface area contributed by atoms with Crippen molar-refractivity contribution in [3.8, 4) is 5.75 Å². The minimum Gasteiger partial charge on any atom is -0.497 e. The van der Waals surface area contributed by atoms with Gasteiger partial charge in [0.1, 0.15) is 5.75 Å². The van der Waals surface area contributed by atoms with E-state index >= 15 is 0 Å². The van der Waals surface area contributed by atoms with E-state index in [1.165, 1.54) is 5.56 Å². The molecule has 2 rings (SSSR count). The van der Waals surface area contributed by atoms with Crippen molar-refractivity contribution in [2.75, 3.05) is 20.2 Å². The molecule has 0 radical (unpaired) electrons. The molecule has 2 atom stereocenters. The minimum absolute atomic E-state index is 0.301. The minimum atomic E-state index is -3.14. The Balaban J connectivity index is 1.89. The zero-order chi connectivity index (χ0) is 17.0. The largest absolute Gasteiger partial charge is 0.497 e. The van der Waals surface area contributed by atoms with Gasteiger partial charge in [0.2, 0.25) is 10.0 Å². The second-order valence-electron chi connectivity index (χ2n) is 6.55. The van der Waals surface area contributed by atoms with Crippen LogP contribution >= 0.6 is 0 Å². The molecule has 0 aromatic heterocycles. The van der Waals surface area contributed by atoms with Crippen LogP contribution in [0, 0.1) is 5.92 Å². The predicted octanol–water partition coefficient (Wildman–Crippen LogP) is 2.23. The smallest absolute Gasteiger partial charge is 0.216 e. The summed E-state index contributed by atoms with van der Waals surface area (Å²) in [5, 5.41) is 3.22. The van der Waals surface area contributed by atoms with Crippen LogP contribution in [-0.2, 0) is 16.6 Å². The summed E-state index contributed by atoms with van der Waals surface area (Å²) >= 11 is 0. The maximum Gasteiger partial charge on any atom is 0.216 e. The van der Waals surface area contributed by atoms with E-state index in [9.17, 15) is 8.42 Å². The highest BCUT2D eigenvalue weighted by Crippen LogP contribution is 2.22. The normalized spacial score (nSPS) is 23.2. The van der Waals surface area contributed by atoms with Crippen molar-refractivity contribution in [1.82, 2.24) is 9.62 Å². The standard InChI is InChI=1S/C17H28N2O3S/c1-13(2)23(20,21)19-10-9-17(14(3)12-19)18-11-15-5-7-16(22-4)8-6-15/h5-8,13-14,17-18H,9-12H2,1-4H3/t14-,17+/m1/s1. The molecule has 1 aliphatic rings. The van der Waals surface area contributed by atoms with Gasteiger partial charge in [0.25, 0.3) is 0 Å². The van der Waals surface area contributed by atoms with E-state index < -0.39 is 10.0 Å². The summed E-state index contributed by atoms with van der Waals surface area (Å²) in [7, 11) is -1.48. The Morgan fingerprint density at radius 3 is 2.48 bits per heavy atom. The van der Waals surface area contributed by atoms with Crippen molar-refractivity contribution in [3.63, 3.8) is 0 Å². The molecule has 1 heterocycles. The third kappa shape index (κ3) is 4.46. The summed E-state index contributed by atoms with van der Waals surface area (Å²) in [6.07, 6.45) is 0.850. The molecule has 0 spiro atoms. The molecule has 0 saturated carbocycles. The third-order valence-corrected chi connectivity index (χ3v) is 6.79. The molecule has 0 unspecified atom stereocenters. The molecule has 1 saturated heterocycles. The van der Waals surface area contributed by atoms with Crippen molar-refractivity contribution in [2.45, 2.75) is 45.0 Å². The molecule has 0 bridgehead atoms. The van der Waals surface area contributed by atoms with Crippen LogP contribution in [0.4, 0.5) is 0 Å². The van der Waals surface area contributed by atoms with E-state index in [0.29, 0.717) is 25.0 Å². The van der Waals surface area contributed by atoms with Crippen LogP contribution in [0.1, 0.15) is 32.8 Å². The highest BCUT2D eigenvalue weighted by Gasteiger charge is 2.33. The molecular formula is C17H28N2O3S. The topological polar surface area (TPSA) is 58.6 Å². The van der Waals surface area contributed by atoms with Crippen LogP contribution in [0.2, 0.25) is 0 Å². The van der Waals surface area contributed by atoms with E-state index in [1.807, 2.05) is 12.1 Å². The molecule has 6 heteroatoms. The van der Waals surface area contributed by atoms with Gasteiger partial charge < -0.3 is 10.1 Å². The van der Waals surface area contributed by atoms with Crippen LogP contribution in [0.3, 0.4) is 0 Å². The van der Waals surface area contributed by atoms with Crippen molar-refractivity contribution in [1.29, 1.82) is 0 Å². The second-order valence-corrected chi connectivity index (χ2v) is 9.04. The van der Waals surface area contributed by atoms with Crippen LogP contribution in [0.5, 0.6) is 5.75 Å². The SMILES string of the molecule is COc1ccc(CN[C@H]2CCN(S(=O)(=O)C(C)C)C[C@H]2C)cc1. The average molecular weight is 340 g/mol. The number of nitrogens with one attached hydrogen (secondary N) is 1. The monoisotopic (exact) mass is 340 g/mol. The summed E-state index contributed by atoms with van der Waals surface area (Å²) in [6.45, 7) is 7.59. The highest BCUT2D eigenvalue weighted by atomic mass is 32.2. The van der Waals surface area contributed by atoms with Gasteiger partial charge in [-0.25, -0.2) is 12.7 Å². The quantitative estimate of drug-likeness (QED) is 0.863. The number of benzene rings is 1. The van der Waals surface area contributed by atoms with Crippen molar-refractivity contribution in [2.24, 2.45) is 5.92 Å². The van der Waals surface area contributed by atoms with Gasteiger partial charge in [-0.2, -0.15) is 0 Å². The highest BCUT2D eigenvalue weighted by molar-refractivity contribution is 7.89. The first-order chi connectivity index (χ1) is 10.8. The number of sulfonamides is 1. The average Bonchev–Trinajstić information content (AvgIpc) is 2.54. The zero-order valence-corrected chi connectivity index (χ0v) is 15.3. The zero-order valence-electron chi connectivity index (χ0n) is 14.5. The molecule has 1 N–H and O–H groups in total. The van der Waals surface area contributed by atoms with E-state index in [1.54, 1.807) is 25.3 Å². The molecule has 0 aliphatic carbocycles. The fourth-order valence-corrected chi connectivity index (χ4v) is 4.33. The maximum absolute atomic E-state index is 12.3. The molecule has 1 aromatic carbocycles. The number of rotatable bonds is 6. The lowest BCUT2D eigenvalue weighted by Gasteiger charge is -2.37. The summed E-state index contributed by atoms with van der Waals surface area (Å²) < 4.78 is 31.3. The fraction of sp³-hybridized carbons (Fsp3) is 0.647. The van der Waals surface area contributed by atoms with Gasteiger partial charge in [-0.1, -0.05) is 19.1 Å². The number of hydrogen-bond donors (Lipinski definition) is 1. The van der Waals surface area contributed by atoms with Crippen LogP contribution in [0.25, 0.3) is 0 Å². The number of piperidine rings is 1. The summed E-state index contributed by atoms with van der Waals surface area (Å²) in [4.78, 5) is 0. The summed E-state index contributed by atoms with van der Waals surface area (Å²) in [5.74, 6) is 1.16. The van der Waals surface area contributed by atoms with Crippen LogP contribution < -0.4 is 10.1 Å². The lowest BCUT2D eigenvalue weighted by molar-refractivity contribution is 0.218. The van der Waals surface area contributed by atoms with E-state index in [4.69, 9.17) is 4.74 Å². The Morgan fingerprint density at radius 1 is 1.30 bits per heavy atom. The summed E-state index contributed by atoms with van der Waals surface area (Å²) in [6, 6.07) is 8.36. The van der Waals surface area contributed by atoms with Crippen molar-refractivity contribution < 1.29 is 13.2 Å². The van der Waals surface area contributed by atoms with Gasteiger partial charge in [-0.3, -0.25) is 0 Å². The number of hydrogen-bond acceptors (Lipinski definition) is 4. The van der Waals surface area contributed by atoms with Crippen molar-refractivity contribution in [3.05, 3.63) is 29.8 Å². The van der Waals surface area contributed by atoms with E-state index in [0.717, 1.165) is 18.7 Å². The molecule has 23 heavy (non-hydrogen) atoms. The second kappa shape index (κ2) is 7.64.